The summed E-state index contributed by atoms with van der Waals surface area (Å²) in [6.07, 6.45) is 8.77. The number of hydrogen-bond acceptors (Lipinski definition) is 1. The van der Waals surface area contributed by atoms with Crippen molar-refractivity contribution in [2.45, 2.75) is 44.4 Å². The van der Waals surface area contributed by atoms with Crippen LogP contribution < -0.4 is 0 Å². The molecule has 1 aromatic carbocycles. The third kappa shape index (κ3) is 1.75. The second kappa shape index (κ2) is 4.01. The molecule has 4 saturated carbocycles. The molecule has 96 valence electrons. The molecule has 1 heteroatoms. The zero-order valence-electron chi connectivity index (χ0n) is 10.9. The predicted molar refractivity (Wildman–Crippen MR) is 72.5 cm³/mol. The fourth-order valence-electron chi connectivity index (χ4n) is 5.28. The first kappa shape index (κ1) is 10.9. The van der Waals surface area contributed by atoms with Gasteiger partial charge >= 0.3 is 0 Å². The Morgan fingerprint density at radius 3 is 2.17 bits per heavy atom. The Kier molecular flexibility index (Phi) is 2.43. The molecule has 0 aliphatic heterocycles. The Morgan fingerprint density at radius 1 is 0.833 bits per heavy atom. The molecule has 5 rings (SSSR count). The molecule has 0 aromatic heterocycles. The van der Waals surface area contributed by atoms with E-state index in [1.165, 1.54) is 44.1 Å². The zero-order valence-corrected chi connectivity index (χ0v) is 10.9. The lowest BCUT2D eigenvalue weighted by Gasteiger charge is -2.39. The molecule has 0 amide bonds. The van der Waals surface area contributed by atoms with Gasteiger partial charge in [0.15, 0.2) is 0 Å². The fourth-order valence-corrected chi connectivity index (χ4v) is 5.28. The summed E-state index contributed by atoms with van der Waals surface area (Å²) < 4.78 is 0. The molecule has 4 bridgehead atoms. The Bertz CT molecular complexity index is 439. The lowest BCUT2D eigenvalue weighted by atomic mass is 9.67. The van der Waals surface area contributed by atoms with E-state index in [4.69, 9.17) is 0 Å². The van der Waals surface area contributed by atoms with Crippen molar-refractivity contribution in [3.05, 3.63) is 29.8 Å². The fraction of sp³-hybridized carbons (Fsp3) is 0.647. The van der Waals surface area contributed by atoms with Crippen molar-refractivity contribution in [1.29, 1.82) is 0 Å². The first-order valence-corrected chi connectivity index (χ1v) is 7.57. The summed E-state index contributed by atoms with van der Waals surface area (Å²) in [6, 6.07) is 8.05. The minimum absolute atomic E-state index is 0.441. The number of fused-ring (bicyclic) bond motifs is 1. The number of benzene rings is 1. The normalized spacial score (nSPS) is 41.9. The van der Waals surface area contributed by atoms with Crippen molar-refractivity contribution in [1.82, 2.24) is 0 Å². The van der Waals surface area contributed by atoms with Gasteiger partial charge in [0.2, 0.25) is 0 Å². The van der Waals surface area contributed by atoms with E-state index in [9.17, 15) is 5.11 Å². The number of phenols is 1. The van der Waals surface area contributed by atoms with Crippen molar-refractivity contribution in [2.75, 3.05) is 0 Å². The van der Waals surface area contributed by atoms with Gasteiger partial charge in [-0.15, -0.1) is 0 Å². The van der Waals surface area contributed by atoms with Crippen molar-refractivity contribution < 1.29 is 5.11 Å². The summed E-state index contributed by atoms with van der Waals surface area (Å²) in [4.78, 5) is 0. The van der Waals surface area contributed by atoms with E-state index in [2.05, 4.69) is 6.07 Å². The van der Waals surface area contributed by atoms with Crippen molar-refractivity contribution >= 4 is 0 Å². The van der Waals surface area contributed by atoms with Crippen LogP contribution in [0.1, 0.15) is 50.0 Å². The Labute approximate surface area is 109 Å². The van der Waals surface area contributed by atoms with E-state index in [1.54, 1.807) is 6.07 Å². The van der Waals surface area contributed by atoms with Gasteiger partial charge in [-0.3, -0.25) is 0 Å². The van der Waals surface area contributed by atoms with Gasteiger partial charge in [-0.2, -0.15) is 0 Å². The summed E-state index contributed by atoms with van der Waals surface area (Å²) >= 11 is 0. The molecule has 0 heterocycles. The highest BCUT2D eigenvalue weighted by atomic mass is 16.3. The van der Waals surface area contributed by atoms with Crippen LogP contribution in [0.15, 0.2) is 24.3 Å². The molecule has 1 nitrogen and oxygen atoms in total. The van der Waals surface area contributed by atoms with E-state index in [0.29, 0.717) is 5.75 Å². The smallest absolute Gasteiger partial charge is 0.115 e. The molecule has 0 radical (unpaired) electrons. The van der Waals surface area contributed by atoms with Crippen LogP contribution in [0.4, 0.5) is 0 Å². The van der Waals surface area contributed by atoms with E-state index >= 15 is 0 Å². The minimum Gasteiger partial charge on any atom is -0.508 e. The monoisotopic (exact) mass is 242 g/mol. The maximum Gasteiger partial charge on any atom is 0.115 e. The van der Waals surface area contributed by atoms with Crippen LogP contribution in [-0.2, 0) is 0 Å². The zero-order chi connectivity index (χ0) is 12.1. The van der Waals surface area contributed by atoms with Gasteiger partial charge in [-0.1, -0.05) is 12.1 Å². The largest absolute Gasteiger partial charge is 0.508 e. The Hall–Kier alpha value is -0.980. The summed E-state index contributed by atoms with van der Waals surface area (Å²) in [5.74, 6) is 5.06. The molecule has 1 N–H and O–H groups in total. The average molecular weight is 242 g/mol. The van der Waals surface area contributed by atoms with Gasteiger partial charge in [-0.05, 0) is 85.8 Å². The first-order chi connectivity index (χ1) is 8.78. The van der Waals surface area contributed by atoms with Crippen LogP contribution in [0.3, 0.4) is 0 Å². The predicted octanol–water partition coefficient (Wildman–Crippen LogP) is 4.32. The van der Waals surface area contributed by atoms with Crippen LogP contribution in [0.5, 0.6) is 5.75 Å². The van der Waals surface area contributed by atoms with Crippen molar-refractivity contribution in [3.63, 3.8) is 0 Å². The van der Waals surface area contributed by atoms with E-state index in [-0.39, 0.29) is 0 Å². The Balaban J connectivity index is 1.69. The van der Waals surface area contributed by atoms with Crippen LogP contribution >= 0.6 is 0 Å². The van der Waals surface area contributed by atoms with Crippen LogP contribution in [0, 0.1) is 23.7 Å². The summed E-state index contributed by atoms with van der Waals surface area (Å²) in [5.41, 5.74) is 1.40. The van der Waals surface area contributed by atoms with Gasteiger partial charge in [0.25, 0.3) is 0 Å². The second-order valence-electron chi connectivity index (χ2n) is 6.97. The molecule has 0 saturated heterocycles. The minimum atomic E-state index is 0.441. The number of rotatable bonds is 1. The van der Waals surface area contributed by atoms with Gasteiger partial charge in [0.05, 0.1) is 0 Å². The highest BCUT2D eigenvalue weighted by Gasteiger charge is 2.43. The molecule has 4 fully saturated rings. The molecule has 1 aromatic rings. The highest BCUT2D eigenvalue weighted by molar-refractivity contribution is 5.30. The van der Waals surface area contributed by atoms with Gasteiger partial charge in [0, 0.05) is 0 Å². The number of hydrogen-bond donors (Lipinski definition) is 1. The highest BCUT2D eigenvalue weighted by Crippen LogP contribution is 2.55. The number of phenolic OH excluding ortho intramolecular Hbond substituents is 1. The molecule has 5 atom stereocenters. The van der Waals surface area contributed by atoms with Crippen molar-refractivity contribution in [2.24, 2.45) is 23.7 Å². The van der Waals surface area contributed by atoms with Gasteiger partial charge < -0.3 is 5.11 Å². The van der Waals surface area contributed by atoms with Crippen LogP contribution in [-0.4, -0.2) is 5.11 Å². The molecule has 0 spiro atoms. The maximum absolute atomic E-state index is 9.72. The lowest BCUT2D eigenvalue weighted by molar-refractivity contribution is 0.131. The second-order valence-corrected chi connectivity index (χ2v) is 6.97. The standard InChI is InChI=1S/C17H22O/c18-16-3-1-2-14(10-16)17-9-13-5-11-4-12(6-13)8-15(17)7-11/h1-3,10-13,15,17-18H,4-9H2/t11-,12+,13?,15?,17?. The molecule has 18 heavy (non-hydrogen) atoms. The van der Waals surface area contributed by atoms with E-state index in [1.807, 2.05) is 12.1 Å². The van der Waals surface area contributed by atoms with Gasteiger partial charge in [-0.25, -0.2) is 0 Å². The third-order valence-electron chi connectivity index (χ3n) is 5.73. The van der Waals surface area contributed by atoms with E-state index in [0.717, 1.165) is 29.6 Å². The van der Waals surface area contributed by atoms with Crippen LogP contribution in [0.2, 0.25) is 0 Å². The molecule has 4 aliphatic carbocycles. The summed E-state index contributed by atoms with van der Waals surface area (Å²) in [5, 5.41) is 9.72. The lowest BCUT2D eigenvalue weighted by Crippen LogP contribution is -2.27. The Morgan fingerprint density at radius 2 is 1.50 bits per heavy atom. The van der Waals surface area contributed by atoms with Crippen molar-refractivity contribution in [3.8, 4) is 5.75 Å². The van der Waals surface area contributed by atoms with E-state index < -0.39 is 0 Å². The number of aromatic hydroxyl groups is 1. The average Bonchev–Trinajstić information content (AvgIpc) is 2.53. The summed E-state index contributed by atoms with van der Waals surface area (Å²) in [7, 11) is 0. The quantitative estimate of drug-likeness (QED) is 0.777. The maximum atomic E-state index is 9.72. The summed E-state index contributed by atoms with van der Waals surface area (Å²) in [6.45, 7) is 0. The SMILES string of the molecule is Oc1cccc(C2CC3C[C@@H]4CC2C[C@H](C3)C4)c1. The first-order valence-electron chi connectivity index (χ1n) is 7.57. The van der Waals surface area contributed by atoms with Gasteiger partial charge in [0.1, 0.15) is 5.75 Å². The molecular weight excluding hydrogens is 220 g/mol. The topological polar surface area (TPSA) is 20.2 Å². The molecule has 3 unspecified atom stereocenters. The molecule has 4 aliphatic rings. The van der Waals surface area contributed by atoms with Crippen LogP contribution in [0.25, 0.3) is 0 Å². The molecular formula is C17H22O. The third-order valence-corrected chi connectivity index (χ3v) is 5.73.